The summed E-state index contributed by atoms with van der Waals surface area (Å²) < 4.78 is 0. The maximum atomic E-state index is 12.2. The first kappa shape index (κ1) is 21.4. The van der Waals surface area contributed by atoms with E-state index in [1.54, 1.807) is 0 Å². The van der Waals surface area contributed by atoms with Crippen LogP contribution in [-0.4, -0.2) is 41.4 Å². The number of hydrogen-bond acceptors (Lipinski definition) is 3. The van der Waals surface area contributed by atoms with E-state index in [-0.39, 0.29) is 11.9 Å². The Balaban J connectivity index is 1.20. The van der Waals surface area contributed by atoms with Crippen LogP contribution in [0.2, 0.25) is 0 Å². The van der Waals surface area contributed by atoms with E-state index in [1.165, 1.54) is 37.9 Å². The summed E-state index contributed by atoms with van der Waals surface area (Å²) in [5, 5.41) is 5.78. The average molecular weight is 421 g/mol. The zero-order valence-electron chi connectivity index (χ0n) is 18.1. The van der Waals surface area contributed by atoms with Gasteiger partial charge >= 0.3 is 6.03 Å². The highest BCUT2D eigenvalue weighted by molar-refractivity contribution is 5.89. The molecule has 2 heterocycles. The number of anilines is 1. The summed E-state index contributed by atoms with van der Waals surface area (Å²) >= 11 is 0. The molecule has 0 spiro atoms. The average Bonchev–Trinajstić information content (AvgIpc) is 3.20. The Labute approximate surface area is 184 Å². The Morgan fingerprint density at radius 3 is 2.10 bits per heavy atom. The summed E-state index contributed by atoms with van der Waals surface area (Å²) in [6.45, 7) is 5.36. The monoisotopic (exact) mass is 420 g/mol. The Morgan fingerprint density at radius 2 is 1.42 bits per heavy atom. The smallest absolute Gasteiger partial charge is 0.319 e. The zero-order valence-corrected chi connectivity index (χ0v) is 18.1. The van der Waals surface area contributed by atoms with Crippen LogP contribution in [0.4, 0.5) is 10.5 Å². The number of benzene rings is 2. The van der Waals surface area contributed by atoms with Crippen molar-refractivity contribution in [3.05, 3.63) is 65.2 Å². The summed E-state index contributed by atoms with van der Waals surface area (Å²) in [4.78, 5) is 28.4. The van der Waals surface area contributed by atoms with Crippen molar-refractivity contribution in [1.29, 1.82) is 0 Å². The van der Waals surface area contributed by atoms with Gasteiger partial charge in [0.05, 0.1) is 0 Å². The van der Waals surface area contributed by atoms with Gasteiger partial charge in [-0.25, -0.2) is 4.79 Å². The first-order valence-corrected chi connectivity index (χ1v) is 11.4. The minimum Gasteiger partial charge on any atom is -0.338 e. The molecule has 6 nitrogen and oxygen atoms in total. The third-order valence-electron chi connectivity index (χ3n) is 6.09. The Kier molecular flexibility index (Phi) is 7.20. The van der Waals surface area contributed by atoms with Gasteiger partial charge in [0.1, 0.15) is 0 Å². The normalized spacial score (nSPS) is 17.0. The van der Waals surface area contributed by atoms with Gasteiger partial charge < -0.3 is 15.5 Å². The van der Waals surface area contributed by atoms with Crippen molar-refractivity contribution in [1.82, 2.24) is 15.1 Å². The molecule has 0 aromatic heterocycles. The second-order valence-corrected chi connectivity index (χ2v) is 8.58. The van der Waals surface area contributed by atoms with Crippen LogP contribution in [0.3, 0.4) is 0 Å². The quantitative estimate of drug-likeness (QED) is 0.708. The van der Waals surface area contributed by atoms with E-state index in [1.807, 2.05) is 29.2 Å². The highest BCUT2D eigenvalue weighted by Gasteiger charge is 2.19. The number of rotatable bonds is 7. The number of carbonyl (C=O) groups is 2. The predicted molar refractivity (Wildman–Crippen MR) is 123 cm³/mol. The molecule has 3 amide bonds. The molecule has 31 heavy (non-hydrogen) atoms. The van der Waals surface area contributed by atoms with Crippen LogP contribution in [0.5, 0.6) is 0 Å². The molecule has 4 rings (SSSR count). The lowest BCUT2D eigenvalue weighted by molar-refractivity contribution is -0.128. The lowest BCUT2D eigenvalue weighted by Crippen LogP contribution is -2.29. The number of nitrogens with one attached hydrogen (secondary N) is 2. The summed E-state index contributed by atoms with van der Waals surface area (Å²) in [5.74, 6) is 0.223. The maximum Gasteiger partial charge on any atom is 0.319 e. The van der Waals surface area contributed by atoms with Gasteiger partial charge in [-0.05, 0) is 61.2 Å². The van der Waals surface area contributed by atoms with Crippen LogP contribution in [0.25, 0.3) is 0 Å². The summed E-state index contributed by atoms with van der Waals surface area (Å²) in [6.07, 6.45) is 5.56. The van der Waals surface area contributed by atoms with E-state index < -0.39 is 0 Å². The van der Waals surface area contributed by atoms with Gasteiger partial charge in [0, 0.05) is 38.3 Å². The minimum atomic E-state index is -0.222. The lowest BCUT2D eigenvalue weighted by atomic mass is 10.1. The van der Waals surface area contributed by atoms with Crippen molar-refractivity contribution in [2.24, 2.45) is 0 Å². The summed E-state index contributed by atoms with van der Waals surface area (Å²) in [5.41, 5.74) is 4.23. The number of urea groups is 1. The van der Waals surface area contributed by atoms with Gasteiger partial charge in [-0.2, -0.15) is 0 Å². The van der Waals surface area contributed by atoms with Crippen molar-refractivity contribution in [3.8, 4) is 0 Å². The van der Waals surface area contributed by atoms with E-state index in [2.05, 4.69) is 39.8 Å². The molecule has 0 saturated carbocycles. The Bertz CT molecular complexity index is 873. The van der Waals surface area contributed by atoms with Crippen LogP contribution < -0.4 is 10.6 Å². The summed E-state index contributed by atoms with van der Waals surface area (Å²) in [6, 6.07) is 16.0. The number of piperidine rings is 1. The van der Waals surface area contributed by atoms with Crippen LogP contribution in [0.15, 0.2) is 48.5 Å². The van der Waals surface area contributed by atoms with Crippen LogP contribution in [-0.2, 0) is 24.4 Å². The van der Waals surface area contributed by atoms with Crippen molar-refractivity contribution in [2.75, 3.05) is 25.0 Å². The number of carbonyl (C=O) groups excluding carboxylic acids is 2. The fraction of sp³-hybridized carbons (Fsp3) is 0.440. The minimum absolute atomic E-state index is 0.222. The van der Waals surface area contributed by atoms with E-state index >= 15 is 0 Å². The fourth-order valence-electron chi connectivity index (χ4n) is 4.28. The SMILES string of the molecule is O=C(NCc1ccc(CN2CCCCC2)cc1)Nc1ccc(CN2CCCC2=O)cc1. The molecule has 0 unspecified atom stereocenters. The molecular formula is C25H32N4O2. The van der Waals surface area contributed by atoms with E-state index in [0.29, 0.717) is 19.5 Å². The number of amides is 3. The molecule has 0 atom stereocenters. The Morgan fingerprint density at radius 1 is 0.774 bits per heavy atom. The third kappa shape index (κ3) is 6.31. The molecule has 2 N–H and O–H groups in total. The predicted octanol–water partition coefficient (Wildman–Crippen LogP) is 4.12. The van der Waals surface area contributed by atoms with Crippen LogP contribution >= 0.6 is 0 Å². The first-order valence-electron chi connectivity index (χ1n) is 11.4. The molecule has 2 aromatic carbocycles. The fourth-order valence-corrected chi connectivity index (χ4v) is 4.28. The molecule has 2 aromatic rings. The van der Waals surface area contributed by atoms with E-state index in [9.17, 15) is 9.59 Å². The highest BCUT2D eigenvalue weighted by atomic mass is 16.2. The molecule has 2 aliphatic rings. The van der Waals surface area contributed by atoms with Gasteiger partial charge in [-0.15, -0.1) is 0 Å². The van der Waals surface area contributed by atoms with Gasteiger partial charge in [0.2, 0.25) is 5.91 Å². The van der Waals surface area contributed by atoms with Gasteiger partial charge in [0.25, 0.3) is 0 Å². The third-order valence-corrected chi connectivity index (χ3v) is 6.09. The molecule has 2 aliphatic heterocycles. The molecule has 0 bridgehead atoms. The highest BCUT2D eigenvalue weighted by Crippen LogP contribution is 2.17. The van der Waals surface area contributed by atoms with Crippen LogP contribution in [0, 0.1) is 0 Å². The molecular weight excluding hydrogens is 388 g/mol. The van der Waals surface area contributed by atoms with Gasteiger partial charge in [-0.1, -0.05) is 42.8 Å². The molecule has 0 radical (unpaired) electrons. The standard InChI is InChI=1S/C25H32N4O2/c30-24-5-4-16-29(24)19-22-10-12-23(13-11-22)27-25(31)26-17-20-6-8-21(9-7-20)18-28-14-2-1-3-15-28/h6-13H,1-5,14-19H2,(H2,26,27,31). The lowest BCUT2D eigenvalue weighted by Gasteiger charge is -2.26. The number of likely N-dealkylation sites (tertiary alicyclic amines) is 2. The van der Waals surface area contributed by atoms with Crippen molar-refractivity contribution < 1.29 is 9.59 Å². The van der Waals surface area contributed by atoms with Gasteiger partial charge in [-0.3, -0.25) is 9.69 Å². The first-order chi connectivity index (χ1) is 15.2. The molecule has 0 aliphatic carbocycles. The van der Waals surface area contributed by atoms with Crippen molar-refractivity contribution in [3.63, 3.8) is 0 Å². The maximum absolute atomic E-state index is 12.2. The molecule has 2 saturated heterocycles. The van der Waals surface area contributed by atoms with E-state index in [4.69, 9.17) is 0 Å². The topological polar surface area (TPSA) is 64.7 Å². The molecule has 2 fully saturated rings. The molecule has 6 heteroatoms. The number of nitrogens with zero attached hydrogens (tertiary/aromatic N) is 2. The zero-order chi connectivity index (χ0) is 21.5. The second kappa shape index (κ2) is 10.4. The Hall–Kier alpha value is -2.86. The second-order valence-electron chi connectivity index (χ2n) is 8.58. The van der Waals surface area contributed by atoms with Gasteiger partial charge in [0.15, 0.2) is 0 Å². The molecule has 164 valence electrons. The summed E-state index contributed by atoms with van der Waals surface area (Å²) in [7, 11) is 0. The van der Waals surface area contributed by atoms with Crippen LogP contribution in [0.1, 0.15) is 48.8 Å². The van der Waals surface area contributed by atoms with Crippen molar-refractivity contribution in [2.45, 2.75) is 51.7 Å². The van der Waals surface area contributed by atoms with Crippen molar-refractivity contribution >= 4 is 17.6 Å². The number of hydrogen-bond donors (Lipinski definition) is 2. The largest absolute Gasteiger partial charge is 0.338 e. The van der Waals surface area contributed by atoms with E-state index in [0.717, 1.165) is 36.3 Å².